The number of phenolic OH excluding ortho intramolecular Hbond substituents is 2. The van der Waals surface area contributed by atoms with Crippen LogP contribution in [0.3, 0.4) is 0 Å². The van der Waals surface area contributed by atoms with Crippen molar-refractivity contribution in [1.82, 2.24) is 10.1 Å². The number of halogens is 1. The molecule has 156 valence electrons. The van der Waals surface area contributed by atoms with Crippen molar-refractivity contribution >= 4 is 23.3 Å². The molecule has 3 N–H and O–H groups in total. The summed E-state index contributed by atoms with van der Waals surface area (Å²) in [5.74, 6) is -1.80. The highest BCUT2D eigenvalue weighted by Crippen LogP contribution is 2.43. The molecule has 1 aliphatic rings. The van der Waals surface area contributed by atoms with Gasteiger partial charge in [-0.1, -0.05) is 28.9 Å². The lowest BCUT2D eigenvalue weighted by molar-refractivity contribution is 0.0686. The van der Waals surface area contributed by atoms with Gasteiger partial charge in [-0.3, -0.25) is 0 Å². The number of piperazine rings is 1. The second-order valence-electron chi connectivity index (χ2n) is 7.20. The van der Waals surface area contributed by atoms with Crippen LogP contribution < -0.4 is 4.90 Å². The van der Waals surface area contributed by atoms with Gasteiger partial charge in [0.2, 0.25) is 0 Å². The van der Waals surface area contributed by atoms with Crippen molar-refractivity contribution in [2.24, 2.45) is 0 Å². The minimum atomic E-state index is -1.26. The van der Waals surface area contributed by atoms with Crippen LogP contribution in [0.1, 0.15) is 10.5 Å². The van der Waals surface area contributed by atoms with E-state index in [-0.39, 0.29) is 39.1 Å². The molecule has 0 bridgehead atoms. The lowest BCUT2D eigenvalue weighted by Crippen LogP contribution is -2.44. The Labute approximate surface area is 177 Å². The molecular formula is C21H20ClN3O5. The van der Waals surface area contributed by atoms with E-state index < -0.39 is 5.97 Å². The lowest BCUT2D eigenvalue weighted by atomic mass is 9.98. The standard InChI is InChI=1S/C21H20ClN3O5/c1-24-5-7-25(8-6-24)13-4-2-3-12(9-13)18-19(21(28)29)23-30-20(18)14-10-15(22)17(27)11-16(14)26/h2-4,9-11,26-27H,5-8H2,1H3,(H,28,29). The monoisotopic (exact) mass is 429 g/mol. The Morgan fingerprint density at radius 3 is 2.53 bits per heavy atom. The molecule has 2 aromatic carbocycles. The second kappa shape index (κ2) is 7.89. The largest absolute Gasteiger partial charge is 0.507 e. The van der Waals surface area contributed by atoms with E-state index in [4.69, 9.17) is 16.1 Å². The number of carboxylic acids is 1. The fourth-order valence-corrected chi connectivity index (χ4v) is 3.71. The molecule has 4 rings (SSSR count). The first-order chi connectivity index (χ1) is 14.3. The molecule has 3 aromatic rings. The maximum atomic E-state index is 11.8. The molecule has 0 radical (unpaired) electrons. The number of anilines is 1. The van der Waals surface area contributed by atoms with Crippen LogP contribution in [0.25, 0.3) is 22.5 Å². The summed E-state index contributed by atoms with van der Waals surface area (Å²) >= 11 is 5.99. The Morgan fingerprint density at radius 2 is 1.83 bits per heavy atom. The van der Waals surface area contributed by atoms with Gasteiger partial charge in [0, 0.05) is 37.9 Å². The van der Waals surface area contributed by atoms with Crippen LogP contribution in [0.4, 0.5) is 5.69 Å². The molecule has 0 saturated carbocycles. The molecule has 1 aromatic heterocycles. The summed E-state index contributed by atoms with van der Waals surface area (Å²) in [5.41, 5.74) is 1.64. The van der Waals surface area contributed by atoms with Gasteiger partial charge in [0.1, 0.15) is 11.5 Å². The SMILES string of the molecule is CN1CCN(c2cccc(-c3c(C(=O)O)noc3-c3cc(Cl)c(O)cc3O)c2)CC1. The Bertz CT molecular complexity index is 1110. The fraction of sp³-hybridized carbons (Fsp3) is 0.238. The van der Waals surface area contributed by atoms with Crippen LogP contribution in [-0.2, 0) is 0 Å². The van der Waals surface area contributed by atoms with Crippen LogP contribution in [-0.4, -0.2) is 64.6 Å². The molecule has 1 saturated heterocycles. The van der Waals surface area contributed by atoms with Gasteiger partial charge in [-0.15, -0.1) is 0 Å². The number of phenols is 2. The summed E-state index contributed by atoms with van der Waals surface area (Å²) < 4.78 is 5.32. The van der Waals surface area contributed by atoms with Crippen molar-refractivity contribution in [3.63, 3.8) is 0 Å². The Balaban J connectivity index is 1.83. The Hall–Kier alpha value is -3.23. The second-order valence-corrected chi connectivity index (χ2v) is 7.61. The van der Waals surface area contributed by atoms with Crippen molar-refractivity contribution in [3.05, 3.63) is 47.1 Å². The average Bonchev–Trinajstić information content (AvgIpc) is 3.16. The quantitative estimate of drug-likeness (QED) is 0.577. The third-order valence-electron chi connectivity index (χ3n) is 5.21. The number of hydrogen-bond donors (Lipinski definition) is 3. The highest BCUT2D eigenvalue weighted by atomic mass is 35.5. The average molecular weight is 430 g/mol. The van der Waals surface area contributed by atoms with Crippen LogP contribution in [0.15, 0.2) is 40.9 Å². The van der Waals surface area contributed by atoms with Crippen molar-refractivity contribution in [2.75, 3.05) is 38.1 Å². The van der Waals surface area contributed by atoms with Crippen molar-refractivity contribution in [2.45, 2.75) is 0 Å². The molecule has 0 aliphatic carbocycles. The van der Waals surface area contributed by atoms with Crippen molar-refractivity contribution < 1.29 is 24.6 Å². The smallest absolute Gasteiger partial charge is 0.358 e. The van der Waals surface area contributed by atoms with E-state index in [1.165, 1.54) is 6.07 Å². The van der Waals surface area contributed by atoms with Crippen LogP contribution in [0, 0.1) is 0 Å². The number of rotatable bonds is 4. The Kier molecular flexibility index (Phi) is 5.27. The maximum Gasteiger partial charge on any atom is 0.358 e. The van der Waals surface area contributed by atoms with Gasteiger partial charge in [0.15, 0.2) is 11.5 Å². The molecule has 30 heavy (non-hydrogen) atoms. The predicted molar refractivity (Wildman–Crippen MR) is 112 cm³/mol. The third-order valence-corrected chi connectivity index (χ3v) is 5.51. The summed E-state index contributed by atoms with van der Waals surface area (Å²) in [6.07, 6.45) is 0. The predicted octanol–water partition coefficient (Wildman–Crippen LogP) is 3.52. The summed E-state index contributed by atoms with van der Waals surface area (Å²) in [6.45, 7) is 3.58. The molecule has 0 unspecified atom stereocenters. The first kappa shape index (κ1) is 20.1. The van der Waals surface area contributed by atoms with Crippen LogP contribution >= 0.6 is 11.6 Å². The number of nitrogens with zero attached hydrogens (tertiary/aromatic N) is 3. The van der Waals surface area contributed by atoms with E-state index in [0.717, 1.165) is 37.9 Å². The van der Waals surface area contributed by atoms with E-state index in [0.29, 0.717) is 5.56 Å². The number of likely N-dealkylation sites (N-methyl/N-ethyl adjacent to an activating group) is 1. The van der Waals surface area contributed by atoms with E-state index >= 15 is 0 Å². The zero-order valence-electron chi connectivity index (χ0n) is 16.2. The van der Waals surface area contributed by atoms with E-state index in [1.54, 1.807) is 6.07 Å². The maximum absolute atomic E-state index is 11.8. The zero-order valence-corrected chi connectivity index (χ0v) is 16.9. The normalized spacial score (nSPS) is 14.8. The van der Waals surface area contributed by atoms with Crippen molar-refractivity contribution in [1.29, 1.82) is 0 Å². The van der Waals surface area contributed by atoms with Crippen LogP contribution in [0.2, 0.25) is 5.02 Å². The van der Waals surface area contributed by atoms with Gasteiger partial charge in [-0.05, 0) is 30.8 Å². The van der Waals surface area contributed by atoms with E-state index in [1.807, 2.05) is 18.2 Å². The number of carboxylic acid groups (broad SMARTS) is 1. The molecular weight excluding hydrogens is 410 g/mol. The minimum absolute atomic E-state index is 0.00628. The number of carbonyl (C=O) groups is 1. The first-order valence-corrected chi connectivity index (χ1v) is 9.71. The highest BCUT2D eigenvalue weighted by molar-refractivity contribution is 6.32. The number of aromatic nitrogens is 1. The molecule has 1 fully saturated rings. The van der Waals surface area contributed by atoms with Crippen LogP contribution in [0.5, 0.6) is 11.5 Å². The third kappa shape index (κ3) is 3.67. The molecule has 1 aliphatic heterocycles. The molecule has 0 spiro atoms. The summed E-state index contributed by atoms with van der Waals surface area (Å²) in [4.78, 5) is 16.3. The molecule has 9 heteroatoms. The number of benzene rings is 2. The van der Waals surface area contributed by atoms with Gasteiger partial charge >= 0.3 is 5.97 Å². The fourth-order valence-electron chi connectivity index (χ4n) is 3.54. The lowest BCUT2D eigenvalue weighted by Gasteiger charge is -2.34. The molecule has 0 atom stereocenters. The molecule has 8 nitrogen and oxygen atoms in total. The summed E-state index contributed by atoms with van der Waals surface area (Å²) in [6, 6.07) is 9.84. The number of aromatic hydroxyl groups is 2. The van der Waals surface area contributed by atoms with Crippen molar-refractivity contribution in [3.8, 4) is 33.9 Å². The Morgan fingerprint density at radius 1 is 1.10 bits per heavy atom. The van der Waals surface area contributed by atoms with Gasteiger partial charge in [0.25, 0.3) is 0 Å². The zero-order chi connectivity index (χ0) is 21.4. The highest BCUT2D eigenvalue weighted by Gasteiger charge is 2.27. The minimum Gasteiger partial charge on any atom is -0.507 e. The topological polar surface area (TPSA) is 110 Å². The summed E-state index contributed by atoms with van der Waals surface area (Å²) in [7, 11) is 2.07. The van der Waals surface area contributed by atoms with Gasteiger partial charge < -0.3 is 29.6 Å². The first-order valence-electron chi connectivity index (χ1n) is 9.34. The summed E-state index contributed by atoms with van der Waals surface area (Å²) in [5, 5.41) is 33.3. The van der Waals surface area contributed by atoms with Gasteiger partial charge in [-0.25, -0.2) is 4.79 Å². The van der Waals surface area contributed by atoms with Gasteiger partial charge in [-0.2, -0.15) is 0 Å². The molecule has 0 amide bonds. The van der Waals surface area contributed by atoms with E-state index in [2.05, 4.69) is 22.0 Å². The number of hydrogen-bond acceptors (Lipinski definition) is 7. The van der Waals surface area contributed by atoms with Gasteiger partial charge in [0.05, 0.1) is 16.1 Å². The van der Waals surface area contributed by atoms with E-state index in [9.17, 15) is 20.1 Å². The number of aromatic carboxylic acids is 1. The molecule has 2 heterocycles.